The summed E-state index contributed by atoms with van der Waals surface area (Å²) >= 11 is 5.93. The van der Waals surface area contributed by atoms with Crippen molar-refractivity contribution in [3.05, 3.63) is 65.2 Å². The van der Waals surface area contributed by atoms with Gasteiger partial charge in [-0.05, 0) is 36.2 Å². The molecule has 0 N–H and O–H groups in total. The summed E-state index contributed by atoms with van der Waals surface area (Å²) in [7, 11) is 0. The van der Waals surface area contributed by atoms with Crippen molar-refractivity contribution in [3.63, 3.8) is 0 Å². The van der Waals surface area contributed by atoms with Gasteiger partial charge in [0.25, 0.3) is 0 Å². The van der Waals surface area contributed by atoms with Crippen molar-refractivity contribution in [2.45, 2.75) is 19.4 Å². The SMILES string of the molecule is O=C1CC[C@@H](C(=O)N2CCN(c3ccccc3)C(=O)C2)CN1Cc1ccc(Cl)cc1. The molecule has 7 heteroatoms. The molecule has 0 aromatic heterocycles. The summed E-state index contributed by atoms with van der Waals surface area (Å²) in [5, 5.41) is 0.649. The van der Waals surface area contributed by atoms with E-state index in [1.54, 1.807) is 26.8 Å². The van der Waals surface area contributed by atoms with E-state index in [4.69, 9.17) is 11.6 Å². The molecule has 30 heavy (non-hydrogen) atoms. The average Bonchev–Trinajstić information content (AvgIpc) is 2.77. The number of rotatable bonds is 4. The van der Waals surface area contributed by atoms with Crippen LogP contribution in [0.2, 0.25) is 5.02 Å². The van der Waals surface area contributed by atoms with Crippen molar-refractivity contribution < 1.29 is 14.4 Å². The highest BCUT2D eigenvalue weighted by atomic mass is 35.5. The fourth-order valence-electron chi connectivity index (χ4n) is 4.08. The van der Waals surface area contributed by atoms with Crippen LogP contribution >= 0.6 is 11.6 Å². The lowest BCUT2D eigenvalue weighted by molar-refractivity contribution is -0.146. The molecule has 0 spiro atoms. The molecule has 0 aliphatic carbocycles. The Morgan fingerprint density at radius 3 is 2.40 bits per heavy atom. The van der Waals surface area contributed by atoms with Gasteiger partial charge >= 0.3 is 0 Å². The molecule has 0 bridgehead atoms. The third kappa shape index (κ3) is 4.49. The number of anilines is 1. The summed E-state index contributed by atoms with van der Waals surface area (Å²) in [6, 6.07) is 16.9. The molecule has 0 radical (unpaired) electrons. The summed E-state index contributed by atoms with van der Waals surface area (Å²) in [5.41, 5.74) is 1.83. The van der Waals surface area contributed by atoms with Crippen LogP contribution in [0.25, 0.3) is 0 Å². The van der Waals surface area contributed by atoms with Gasteiger partial charge in [-0.1, -0.05) is 41.9 Å². The number of hydrogen-bond acceptors (Lipinski definition) is 3. The van der Waals surface area contributed by atoms with Crippen molar-refractivity contribution in [3.8, 4) is 0 Å². The van der Waals surface area contributed by atoms with Crippen LogP contribution in [0.5, 0.6) is 0 Å². The number of carbonyl (C=O) groups excluding carboxylic acids is 3. The summed E-state index contributed by atoms with van der Waals surface area (Å²) in [6.07, 6.45) is 0.879. The lowest BCUT2D eigenvalue weighted by Crippen LogP contribution is -2.55. The Balaban J connectivity index is 1.38. The smallest absolute Gasteiger partial charge is 0.246 e. The standard InChI is InChI=1S/C23H24ClN3O3/c24-19-9-6-17(7-10-19)14-26-15-18(8-11-21(26)28)23(30)25-12-13-27(22(29)16-25)20-4-2-1-3-5-20/h1-7,9-10,18H,8,11-16H2/t18-/m1/s1. The van der Waals surface area contributed by atoms with E-state index in [1.165, 1.54) is 0 Å². The van der Waals surface area contributed by atoms with Gasteiger partial charge in [-0.25, -0.2) is 0 Å². The number of likely N-dealkylation sites (tertiary alicyclic amines) is 1. The fraction of sp³-hybridized carbons (Fsp3) is 0.348. The number of halogens is 1. The monoisotopic (exact) mass is 425 g/mol. The van der Waals surface area contributed by atoms with Gasteiger partial charge in [-0.15, -0.1) is 0 Å². The zero-order valence-corrected chi connectivity index (χ0v) is 17.4. The van der Waals surface area contributed by atoms with Gasteiger partial charge in [0.1, 0.15) is 6.54 Å². The van der Waals surface area contributed by atoms with Gasteiger partial charge in [0.2, 0.25) is 17.7 Å². The second-order valence-corrected chi connectivity index (χ2v) is 8.21. The number of carbonyl (C=O) groups is 3. The Morgan fingerprint density at radius 1 is 0.967 bits per heavy atom. The molecule has 2 saturated heterocycles. The summed E-state index contributed by atoms with van der Waals surface area (Å²) in [6.45, 7) is 1.90. The third-order valence-corrected chi connectivity index (χ3v) is 5.99. The molecule has 1 atom stereocenters. The maximum atomic E-state index is 13.1. The molecule has 2 fully saturated rings. The highest BCUT2D eigenvalue weighted by Crippen LogP contribution is 2.24. The van der Waals surface area contributed by atoms with E-state index < -0.39 is 0 Å². The maximum absolute atomic E-state index is 13.1. The first kappa shape index (κ1) is 20.4. The summed E-state index contributed by atoms with van der Waals surface area (Å²) in [5.74, 6) is -0.333. The quantitative estimate of drug-likeness (QED) is 0.756. The molecule has 0 unspecified atom stereocenters. The van der Waals surface area contributed by atoms with Gasteiger partial charge in [-0.2, -0.15) is 0 Å². The summed E-state index contributed by atoms with van der Waals surface area (Å²) < 4.78 is 0. The molecular formula is C23H24ClN3O3. The Kier molecular flexibility index (Phi) is 6.04. The largest absolute Gasteiger partial charge is 0.338 e. The lowest BCUT2D eigenvalue weighted by Gasteiger charge is -2.38. The van der Waals surface area contributed by atoms with E-state index in [1.807, 2.05) is 42.5 Å². The number of piperidine rings is 1. The van der Waals surface area contributed by atoms with E-state index in [-0.39, 0.29) is 30.2 Å². The predicted molar refractivity (Wildman–Crippen MR) is 115 cm³/mol. The number of piperazine rings is 1. The van der Waals surface area contributed by atoms with Crippen LogP contribution in [0.15, 0.2) is 54.6 Å². The van der Waals surface area contributed by atoms with Gasteiger partial charge in [-0.3, -0.25) is 14.4 Å². The average molecular weight is 426 g/mol. The molecule has 3 amide bonds. The Bertz CT molecular complexity index is 932. The molecule has 2 aromatic carbocycles. The topological polar surface area (TPSA) is 60.9 Å². The number of amides is 3. The molecule has 2 aromatic rings. The number of hydrogen-bond donors (Lipinski definition) is 0. The zero-order chi connectivity index (χ0) is 21.1. The van der Waals surface area contributed by atoms with Crippen molar-refractivity contribution >= 4 is 35.0 Å². The first-order chi connectivity index (χ1) is 14.5. The predicted octanol–water partition coefficient (Wildman–Crippen LogP) is 2.95. The maximum Gasteiger partial charge on any atom is 0.246 e. The first-order valence-electron chi connectivity index (χ1n) is 10.2. The van der Waals surface area contributed by atoms with Crippen molar-refractivity contribution in [1.29, 1.82) is 0 Å². The third-order valence-electron chi connectivity index (χ3n) is 5.74. The number of para-hydroxylation sites is 1. The number of benzene rings is 2. The molecule has 2 aliphatic heterocycles. The number of nitrogens with zero attached hydrogens (tertiary/aromatic N) is 3. The molecule has 2 heterocycles. The van der Waals surface area contributed by atoms with Crippen LogP contribution < -0.4 is 4.90 Å². The molecule has 2 aliphatic rings. The van der Waals surface area contributed by atoms with Crippen LogP contribution in [-0.4, -0.2) is 53.7 Å². The minimum absolute atomic E-state index is 0.0373. The van der Waals surface area contributed by atoms with E-state index in [2.05, 4.69) is 0 Å². The molecule has 156 valence electrons. The Morgan fingerprint density at radius 2 is 1.70 bits per heavy atom. The van der Waals surface area contributed by atoms with Gasteiger partial charge in [0.15, 0.2) is 0 Å². The van der Waals surface area contributed by atoms with Crippen molar-refractivity contribution in [2.24, 2.45) is 5.92 Å². The van der Waals surface area contributed by atoms with Crippen LogP contribution in [0, 0.1) is 5.92 Å². The van der Waals surface area contributed by atoms with Crippen LogP contribution in [0.3, 0.4) is 0 Å². The Hall–Kier alpha value is -2.86. The fourth-order valence-corrected chi connectivity index (χ4v) is 4.21. The molecule has 0 saturated carbocycles. The van der Waals surface area contributed by atoms with E-state index in [0.29, 0.717) is 44.0 Å². The van der Waals surface area contributed by atoms with Crippen molar-refractivity contribution in [1.82, 2.24) is 9.80 Å². The normalized spacial score (nSPS) is 19.9. The van der Waals surface area contributed by atoms with E-state index >= 15 is 0 Å². The molecule has 6 nitrogen and oxygen atoms in total. The van der Waals surface area contributed by atoms with E-state index in [0.717, 1.165) is 11.3 Å². The highest BCUT2D eigenvalue weighted by molar-refractivity contribution is 6.30. The Labute approximate surface area is 181 Å². The van der Waals surface area contributed by atoms with Crippen LogP contribution in [0.4, 0.5) is 5.69 Å². The first-order valence-corrected chi connectivity index (χ1v) is 10.6. The minimum Gasteiger partial charge on any atom is -0.338 e. The van der Waals surface area contributed by atoms with Gasteiger partial charge in [0, 0.05) is 43.3 Å². The molecule has 4 rings (SSSR count). The minimum atomic E-state index is -0.272. The highest BCUT2D eigenvalue weighted by Gasteiger charge is 2.35. The summed E-state index contributed by atoms with van der Waals surface area (Å²) in [4.78, 5) is 43.2. The van der Waals surface area contributed by atoms with Crippen molar-refractivity contribution in [2.75, 3.05) is 31.1 Å². The zero-order valence-electron chi connectivity index (χ0n) is 16.7. The molecular weight excluding hydrogens is 402 g/mol. The lowest BCUT2D eigenvalue weighted by atomic mass is 9.95. The second kappa shape index (κ2) is 8.88. The van der Waals surface area contributed by atoms with Crippen LogP contribution in [0.1, 0.15) is 18.4 Å². The van der Waals surface area contributed by atoms with Gasteiger partial charge in [0.05, 0.1) is 5.92 Å². The van der Waals surface area contributed by atoms with E-state index in [9.17, 15) is 14.4 Å². The van der Waals surface area contributed by atoms with Gasteiger partial charge < -0.3 is 14.7 Å². The van der Waals surface area contributed by atoms with Crippen LogP contribution in [-0.2, 0) is 20.9 Å². The second-order valence-electron chi connectivity index (χ2n) is 7.78.